The molecule has 0 unspecified atom stereocenters. The lowest BCUT2D eigenvalue weighted by Crippen LogP contribution is -2.35. The Labute approximate surface area is 149 Å². The summed E-state index contributed by atoms with van der Waals surface area (Å²) in [5.74, 6) is 0.846. The Morgan fingerprint density at radius 2 is 1.60 bits per heavy atom. The van der Waals surface area contributed by atoms with E-state index in [1.807, 2.05) is 35.2 Å². The van der Waals surface area contributed by atoms with Crippen molar-refractivity contribution in [2.75, 3.05) is 13.1 Å². The molecule has 0 heterocycles. The largest absolute Gasteiger partial charge is 0.508 e. The molecule has 0 spiro atoms. The molecule has 0 radical (unpaired) electrons. The molecule has 0 aliphatic heterocycles. The van der Waals surface area contributed by atoms with E-state index in [0.29, 0.717) is 37.6 Å². The van der Waals surface area contributed by atoms with Crippen molar-refractivity contribution >= 4 is 0 Å². The molecular formula is C20H27NO4. The van der Waals surface area contributed by atoms with Gasteiger partial charge in [0, 0.05) is 25.2 Å². The van der Waals surface area contributed by atoms with Crippen LogP contribution in [0.4, 0.5) is 0 Å². The molecule has 2 atom stereocenters. The average Bonchev–Trinajstić information content (AvgIpc) is 2.55. The number of hydrogen-bond acceptors (Lipinski definition) is 5. The van der Waals surface area contributed by atoms with Gasteiger partial charge in [-0.05, 0) is 37.6 Å². The minimum Gasteiger partial charge on any atom is -0.508 e. The Hall–Kier alpha value is -2.08. The highest BCUT2D eigenvalue weighted by Gasteiger charge is 2.14. The van der Waals surface area contributed by atoms with Crippen molar-refractivity contribution in [3.8, 4) is 11.5 Å². The van der Waals surface area contributed by atoms with E-state index in [1.54, 1.807) is 32.0 Å². The van der Waals surface area contributed by atoms with Gasteiger partial charge in [-0.3, -0.25) is 4.90 Å². The molecule has 2 aromatic rings. The van der Waals surface area contributed by atoms with Gasteiger partial charge in [-0.15, -0.1) is 0 Å². The minimum atomic E-state index is -0.515. The lowest BCUT2D eigenvalue weighted by atomic mass is 10.1. The summed E-state index contributed by atoms with van der Waals surface area (Å²) in [5.41, 5.74) is 1.77. The molecule has 0 fully saturated rings. The van der Waals surface area contributed by atoms with Gasteiger partial charge in [0.2, 0.25) is 0 Å². The van der Waals surface area contributed by atoms with Gasteiger partial charge in [0.1, 0.15) is 18.1 Å². The number of ether oxygens (including phenoxy) is 1. The summed E-state index contributed by atoms with van der Waals surface area (Å²) in [5, 5.41) is 29.4. The number of aromatic hydroxyl groups is 1. The number of benzene rings is 2. The molecule has 0 bridgehead atoms. The van der Waals surface area contributed by atoms with Crippen molar-refractivity contribution < 1.29 is 20.1 Å². The predicted molar refractivity (Wildman–Crippen MR) is 97.5 cm³/mol. The van der Waals surface area contributed by atoms with Crippen molar-refractivity contribution in [3.63, 3.8) is 0 Å². The monoisotopic (exact) mass is 345 g/mol. The highest BCUT2D eigenvalue weighted by Crippen LogP contribution is 2.25. The van der Waals surface area contributed by atoms with Crippen LogP contribution >= 0.6 is 0 Å². The summed E-state index contributed by atoms with van der Waals surface area (Å²) in [6.45, 7) is 5.11. The Bertz CT molecular complexity index is 633. The molecule has 25 heavy (non-hydrogen) atoms. The van der Waals surface area contributed by atoms with Crippen LogP contribution in [-0.2, 0) is 13.2 Å². The van der Waals surface area contributed by atoms with Gasteiger partial charge in [-0.2, -0.15) is 0 Å². The van der Waals surface area contributed by atoms with E-state index in [1.165, 1.54) is 0 Å². The van der Waals surface area contributed by atoms with Gasteiger partial charge < -0.3 is 20.1 Å². The number of aliphatic hydroxyl groups is 2. The number of phenols is 1. The van der Waals surface area contributed by atoms with E-state index in [2.05, 4.69) is 0 Å². The van der Waals surface area contributed by atoms with Crippen LogP contribution in [0.3, 0.4) is 0 Å². The second-order valence-corrected chi connectivity index (χ2v) is 6.46. The van der Waals surface area contributed by atoms with Gasteiger partial charge in [0.15, 0.2) is 0 Å². The average molecular weight is 345 g/mol. The summed E-state index contributed by atoms with van der Waals surface area (Å²) >= 11 is 0. The lowest BCUT2D eigenvalue weighted by Gasteiger charge is -2.25. The Morgan fingerprint density at radius 3 is 2.20 bits per heavy atom. The van der Waals surface area contributed by atoms with E-state index in [0.717, 1.165) is 5.56 Å². The summed E-state index contributed by atoms with van der Waals surface area (Å²) in [6.07, 6.45) is -1.03. The lowest BCUT2D eigenvalue weighted by molar-refractivity contribution is 0.0789. The van der Waals surface area contributed by atoms with Crippen LogP contribution in [-0.4, -0.2) is 45.5 Å². The SMILES string of the molecule is C[C@H](O)CN(Cc1cc(OCc2ccccc2)ccc1O)C[C@@H](C)O. The second-order valence-electron chi connectivity index (χ2n) is 6.46. The molecule has 0 aliphatic rings. The third-order valence-corrected chi connectivity index (χ3v) is 3.74. The molecule has 0 aromatic heterocycles. The Morgan fingerprint density at radius 1 is 0.960 bits per heavy atom. The minimum absolute atomic E-state index is 0.174. The zero-order valence-electron chi connectivity index (χ0n) is 14.8. The van der Waals surface area contributed by atoms with E-state index in [4.69, 9.17) is 4.74 Å². The summed E-state index contributed by atoms with van der Waals surface area (Å²) in [7, 11) is 0. The van der Waals surface area contributed by atoms with Gasteiger partial charge in [0.25, 0.3) is 0 Å². The first-order valence-electron chi connectivity index (χ1n) is 8.51. The first-order chi connectivity index (χ1) is 11.9. The first kappa shape index (κ1) is 19.2. The molecule has 0 saturated heterocycles. The van der Waals surface area contributed by atoms with Gasteiger partial charge in [-0.25, -0.2) is 0 Å². The summed E-state index contributed by atoms with van der Waals surface area (Å²) in [6, 6.07) is 15.0. The van der Waals surface area contributed by atoms with E-state index in [9.17, 15) is 15.3 Å². The number of rotatable bonds is 9. The molecule has 136 valence electrons. The first-order valence-corrected chi connectivity index (χ1v) is 8.51. The standard InChI is InChI=1S/C20H27NO4/c1-15(22)11-21(12-16(2)23)13-18-10-19(8-9-20(18)24)25-14-17-6-4-3-5-7-17/h3-10,15-16,22-24H,11-14H2,1-2H3/t15-,16+. The van der Waals surface area contributed by atoms with Crippen LogP contribution in [0.1, 0.15) is 25.0 Å². The maximum atomic E-state index is 10.1. The highest BCUT2D eigenvalue weighted by atomic mass is 16.5. The van der Waals surface area contributed by atoms with Gasteiger partial charge in [0.05, 0.1) is 12.2 Å². The molecule has 0 amide bonds. The molecular weight excluding hydrogens is 318 g/mol. The zero-order chi connectivity index (χ0) is 18.2. The summed E-state index contributed by atoms with van der Waals surface area (Å²) < 4.78 is 5.80. The number of aliphatic hydroxyl groups excluding tert-OH is 2. The third-order valence-electron chi connectivity index (χ3n) is 3.74. The van der Waals surface area contributed by atoms with E-state index >= 15 is 0 Å². The topological polar surface area (TPSA) is 73.2 Å². The fourth-order valence-corrected chi connectivity index (χ4v) is 2.71. The summed E-state index contributed by atoms with van der Waals surface area (Å²) in [4.78, 5) is 1.91. The van der Waals surface area contributed by atoms with Crippen molar-refractivity contribution in [2.45, 2.75) is 39.2 Å². The van der Waals surface area contributed by atoms with Gasteiger partial charge in [-0.1, -0.05) is 30.3 Å². The Balaban J connectivity index is 2.06. The molecule has 5 nitrogen and oxygen atoms in total. The van der Waals surface area contributed by atoms with Crippen molar-refractivity contribution in [1.29, 1.82) is 0 Å². The van der Waals surface area contributed by atoms with E-state index < -0.39 is 12.2 Å². The van der Waals surface area contributed by atoms with Crippen LogP contribution in [0, 0.1) is 0 Å². The zero-order valence-corrected chi connectivity index (χ0v) is 14.8. The third kappa shape index (κ3) is 6.74. The van der Waals surface area contributed by atoms with Crippen LogP contribution in [0.5, 0.6) is 11.5 Å². The molecule has 0 aliphatic carbocycles. The van der Waals surface area contributed by atoms with Gasteiger partial charge >= 0.3 is 0 Å². The smallest absolute Gasteiger partial charge is 0.120 e. The van der Waals surface area contributed by atoms with Crippen LogP contribution in [0.2, 0.25) is 0 Å². The maximum Gasteiger partial charge on any atom is 0.120 e. The van der Waals surface area contributed by atoms with Crippen LogP contribution < -0.4 is 4.74 Å². The van der Waals surface area contributed by atoms with Crippen LogP contribution in [0.15, 0.2) is 48.5 Å². The highest BCUT2D eigenvalue weighted by molar-refractivity contribution is 5.39. The quantitative estimate of drug-likeness (QED) is 0.651. The molecule has 5 heteroatoms. The molecule has 0 saturated carbocycles. The number of nitrogens with zero attached hydrogens (tertiary/aromatic N) is 1. The molecule has 2 aromatic carbocycles. The van der Waals surface area contributed by atoms with Crippen molar-refractivity contribution in [1.82, 2.24) is 4.90 Å². The number of phenolic OH excluding ortho intramolecular Hbond substituents is 1. The Kier molecular flexibility index (Phi) is 7.25. The number of hydrogen-bond donors (Lipinski definition) is 3. The van der Waals surface area contributed by atoms with Crippen LogP contribution in [0.25, 0.3) is 0 Å². The normalized spacial score (nSPS) is 13.6. The molecule has 3 N–H and O–H groups in total. The fourth-order valence-electron chi connectivity index (χ4n) is 2.71. The molecule has 2 rings (SSSR count). The van der Waals surface area contributed by atoms with E-state index in [-0.39, 0.29) is 5.75 Å². The second kappa shape index (κ2) is 9.42. The van der Waals surface area contributed by atoms with Crippen molar-refractivity contribution in [3.05, 3.63) is 59.7 Å². The van der Waals surface area contributed by atoms with Crippen molar-refractivity contribution in [2.24, 2.45) is 0 Å². The fraction of sp³-hybridized carbons (Fsp3) is 0.400. The predicted octanol–water partition coefficient (Wildman–Crippen LogP) is 2.53. The maximum absolute atomic E-state index is 10.1.